The fourth-order valence-corrected chi connectivity index (χ4v) is 4.65. The second kappa shape index (κ2) is 8.37. The molecule has 30 heavy (non-hydrogen) atoms. The maximum Gasteiger partial charge on any atom is 0.410 e. The molecular weight excluding hydrogens is 378 g/mol. The number of allylic oxidation sites excluding steroid dienone is 2. The molecule has 1 aliphatic carbocycles. The van der Waals surface area contributed by atoms with Crippen molar-refractivity contribution in [2.75, 3.05) is 13.1 Å². The molecule has 5 heteroatoms. The monoisotopic (exact) mass is 411 g/mol. The summed E-state index contributed by atoms with van der Waals surface area (Å²) in [7, 11) is 0. The van der Waals surface area contributed by atoms with Gasteiger partial charge in [-0.15, -0.1) is 0 Å². The summed E-state index contributed by atoms with van der Waals surface area (Å²) in [5.74, 6) is -0.523. The van der Waals surface area contributed by atoms with Crippen molar-refractivity contribution in [3.05, 3.63) is 46.0 Å². The Morgan fingerprint density at radius 3 is 2.17 bits per heavy atom. The van der Waals surface area contributed by atoms with Crippen LogP contribution in [0, 0.1) is 26.7 Å². The lowest BCUT2D eigenvalue weighted by Crippen LogP contribution is -2.41. The quantitative estimate of drug-likeness (QED) is 0.517. The van der Waals surface area contributed by atoms with Crippen LogP contribution in [0.4, 0.5) is 4.79 Å². The number of rotatable bonds is 2. The zero-order valence-electron chi connectivity index (χ0n) is 19.0. The molecule has 0 aromatic heterocycles. The van der Waals surface area contributed by atoms with Gasteiger partial charge in [0, 0.05) is 19.5 Å². The van der Waals surface area contributed by atoms with E-state index < -0.39 is 11.5 Å². The number of nitrogens with zero attached hydrogens (tertiary/aromatic N) is 1. The van der Waals surface area contributed by atoms with Gasteiger partial charge >= 0.3 is 6.09 Å². The van der Waals surface area contributed by atoms with E-state index in [0.29, 0.717) is 18.7 Å². The van der Waals surface area contributed by atoms with Crippen LogP contribution < -0.4 is 0 Å². The summed E-state index contributed by atoms with van der Waals surface area (Å²) in [6.45, 7) is 12.8. The molecule has 5 nitrogen and oxygen atoms in total. The van der Waals surface area contributed by atoms with Gasteiger partial charge in [-0.05, 0) is 82.6 Å². The number of aryl methyl sites for hydroxylation is 3. The topological polar surface area (TPSA) is 63.7 Å². The number of ketones is 2. The SMILES string of the molecule is Cc1cc(C)c(C2C(=O)C/C(=C\C3CCN(C(=O)OC(C)(C)C)CC3)C2=O)c(C)c1. The number of carbonyl (C=O) groups excluding carboxylic acids is 3. The van der Waals surface area contributed by atoms with E-state index in [1.165, 1.54) is 0 Å². The lowest BCUT2D eigenvalue weighted by atomic mass is 9.86. The molecule has 1 heterocycles. The first-order valence-electron chi connectivity index (χ1n) is 10.8. The fourth-order valence-electron chi connectivity index (χ4n) is 4.65. The molecule has 162 valence electrons. The smallest absolute Gasteiger partial charge is 0.410 e. The molecule has 3 rings (SSSR count). The minimum Gasteiger partial charge on any atom is -0.444 e. The lowest BCUT2D eigenvalue weighted by Gasteiger charge is -2.32. The molecule has 2 aliphatic rings. The Hall–Kier alpha value is -2.43. The Bertz CT molecular complexity index is 875. The van der Waals surface area contributed by atoms with Crippen molar-refractivity contribution in [3.8, 4) is 0 Å². The predicted octanol–water partition coefficient (Wildman–Crippen LogP) is 4.81. The molecule has 0 N–H and O–H groups in total. The number of piperidine rings is 1. The normalized spacial score (nSPS) is 22.1. The third-order valence-electron chi connectivity index (χ3n) is 5.92. The van der Waals surface area contributed by atoms with Crippen molar-refractivity contribution in [1.29, 1.82) is 0 Å². The second-order valence-corrected chi connectivity index (χ2v) is 9.75. The molecule has 1 aliphatic heterocycles. The van der Waals surface area contributed by atoms with Gasteiger partial charge < -0.3 is 9.64 Å². The maximum atomic E-state index is 13.1. The van der Waals surface area contributed by atoms with Gasteiger partial charge in [0.25, 0.3) is 0 Å². The van der Waals surface area contributed by atoms with Gasteiger partial charge in [0.1, 0.15) is 11.5 Å². The standard InChI is InChI=1S/C25H33NO4/c1-15-11-16(2)21(17(3)12-15)22-20(27)14-19(23(22)28)13-18-7-9-26(10-8-18)24(29)30-25(4,5)6/h11-13,18,22H,7-10,14H2,1-6H3/b19-13+. The van der Waals surface area contributed by atoms with Crippen molar-refractivity contribution < 1.29 is 19.1 Å². The van der Waals surface area contributed by atoms with Gasteiger partial charge in [0.2, 0.25) is 0 Å². The molecule has 0 bridgehead atoms. The average Bonchev–Trinajstić information content (AvgIpc) is 2.88. The highest BCUT2D eigenvalue weighted by Crippen LogP contribution is 2.37. The minimum absolute atomic E-state index is 0.00695. The van der Waals surface area contributed by atoms with E-state index >= 15 is 0 Å². The first-order chi connectivity index (χ1) is 14.0. The number of ether oxygens (including phenoxy) is 1. The number of hydrogen-bond donors (Lipinski definition) is 0. The van der Waals surface area contributed by atoms with E-state index in [9.17, 15) is 14.4 Å². The Morgan fingerprint density at radius 2 is 1.63 bits per heavy atom. The third-order valence-corrected chi connectivity index (χ3v) is 5.92. The molecule has 1 unspecified atom stereocenters. The molecule has 1 saturated heterocycles. The number of likely N-dealkylation sites (tertiary alicyclic amines) is 1. The Kier molecular flexibility index (Phi) is 6.21. The van der Waals surface area contributed by atoms with Crippen LogP contribution >= 0.6 is 0 Å². The van der Waals surface area contributed by atoms with E-state index in [-0.39, 0.29) is 30.0 Å². The fraction of sp³-hybridized carbons (Fsp3) is 0.560. The Morgan fingerprint density at radius 1 is 1.07 bits per heavy atom. The van der Waals surface area contributed by atoms with E-state index in [1.54, 1.807) is 4.90 Å². The van der Waals surface area contributed by atoms with Crippen molar-refractivity contribution in [1.82, 2.24) is 4.90 Å². The van der Waals surface area contributed by atoms with Gasteiger partial charge in [-0.25, -0.2) is 4.79 Å². The number of benzene rings is 1. The first kappa shape index (κ1) is 22.3. The van der Waals surface area contributed by atoms with Crippen molar-refractivity contribution in [2.24, 2.45) is 5.92 Å². The largest absolute Gasteiger partial charge is 0.444 e. The zero-order valence-corrected chi connectivity index (χ0v) is 19.0. The van der Waals surface area contributed by atoms with Gasteiger partial charge in [-0.2, -0.15) is 0 Å². The Balaban J connectivity index is 1.69. The van der Waals surface area contributed by atoms with Crippen LogP contribution in [0.15, 0.2) is 23.8 Å². The first-order valence-corrected chi connectivity index (χ1v) is 10.8. The average molecular weight is 412 g/mol. The van der Waals surface area contributed by atoms with E-state index in [1.807, 2.05) is 59.8 Å². The maximum absolute atomic E-state index is 13.1. The molecule has 1 aromatic rings. The molecule has 1 saturated carbocycles. The lowest BCUT2D eigenvalue weighted by molar-refractivity contribution is -0.123. The van der Waals surface area contributed by atoms with Crippen molar-refractivity contribution >= 4 is 17.7 Å². The van der Waals surface area contributed by atoms with E-state index in [2.05, 4.69) is 0 Å². The van der Waals surface area contributed by atoms with Gasteiger partial charge in [0.05, 0.1) is 0 Å². The van der Waals surface area contributed by atoms with Gasteiger partial charge in [0.15, 0.2) is 11.6 Å². The van der Waals surface area contributed by atoms with Crippen LogP contribution in [0.1, 0.15) is 68.2 Å². The van der Waals surface area contributed by atoms with Crippen LogP contribution in [0.25, 0.3) is 0 Å². The minimum atomic E-state index is -0.668. The predicted molar refractivity (Wildman–Crippen MR) is 117 cm³/mol. The van der Waals surface area contributed by atoms with E-state index in [4.69, 9.17) is 4.74 Å². The molecule has 0 radical (unpaired) electrons. The molecule has 0 spiro atoms. The number of hydrogen-bond acceptors (Lipinski definition) is 4. The molecule has 1 aromatic carbocycles. The summed E-state index contributed by atoms with van der Waals surface area (Å²) in [5, 5.41) is 0. The van der Waals surface area contributed by atoms with Crippen LogP contribution in [0.2, 0.25) is 0 Å². The molecular formula is C25H33NO4. The van der Waals surface area contributed by atoms with Crippen LogP contribution in [-0.2, 0) is 14.3 Å². The summed E-state index contributed by atoms with van der Waals surface area (Å²) in [5.41, 5.74) is 4.16. The van der Waals surface area contributed by atoms with Crippen LogP contribution in [0.5, 0.6) is 0 Å². The number of amides is 1. The molecule has 1 amide bonds. The highest BCUT2D eigenvalue weighted by molar-refractivity contribution is 6.23. The summed E-state index contributed by atoms with van der Waals surface area (Å²) in [4.78, 5) is 39.9. The van der Waals surface area contributed by atoms with Crippen LogP contribution in [0.3, 0.4) is 0 Å². The summed E-state index contributed by atoms with van der Waals surface area (Å²) < 4.78 is 5.44. The number of carbonyl (C=O) groups is 3. The summed E-state index contributed by atoms with van der Waals surface area (Å²) >= 11 is 0. The van der Waals surface area contributed by atoms with Crippen molar-refractivity contribution in [2.45, 2.75) is 72.3 Å². The highest BCUT2D eigenvalue weighted by atomic mass is 16.6. The molecule has 1 atom stereocenters. The van der Waals surface area contributed by atoms with Gasteiger partial charge in [-0.3, -0.25) is 9.59 Å². The Labute approximate surface area is 179 Å². The summed E-state index contributed by atoms with van der Waals surface area (Å²) in [6, 6.07) is 4.08. The second-order valence-electron chi connectivity index (χ2n) is 9.75. The molecule has 2 fully saturated rings. The van der Waals surface area contributed by atoms with E-state index in [0.717, 1.165) is 35.1 Å². The highest BCUT2D eigenvalue weighted by Gasteiger charge is 2.40. The number of Topliss-reactive ketones (excluding diaryl/α,β-unsaturated/α-hetero) is 2. The van der Waals surface area contributed by atoms with Crippen LogP contribution in [-0.4, -0.2) is 41.3 Å². The zero-order chi connectivity index (χ0) is 22.2. The third kappa shape index (κ3) is 4.82. The van der Waals surface area contributed by atoms with Crippen molar-refractivity contribution in [3.63, 3.8) is 0 Å². The van der Waals surface area contributed by atoms with Gasteiger partial charge in [-0.1, -0.05) is 23.8 Å². The summed E-state index contributed by atoms with van der Waals surface area (Å²) in [6.07, 6.45) is 3.47.